The van der Waals surface area contributed by atoms with E-state index in [1.807, 2.05) is 18.2 Å². The van der Waals surface area contributed by atoms with Crippen LogP contribution in [0.1, 0.15) is 46.6 Å². The fourth-order valence-electron chi connectivity index (χ4n) is 3.68. The molecule has 1 heterocycles. The Morgan fingerprint density at radius 1 is 1.07 bits per heavy atom. The lowest BCUT2D eigenvalue weighted by Crippen LogP contribution is -2.03. The quantitative estimate of drug-likeness (QED) is 0.509. The molecule has 0 aliphatic heterocycles. The second-order valence-corrected chi connectivity index (χ2v) is 7.45. The van der Waals surface area contributed by atoms with Crippen molar-refractivity contribution in [3.05, 3.63) is 94.0 Å². The molecule has 30 heavy (non-hydrogen) atoms. The first-order chi connectivity index (χ1) is 14.5. The van der Waals surface area contributed by atoms with Crippen LogP contribution in [-0.4, -0.2) is 16.1 Å². The van der Waals surface area contributed by atoms with Crippen LogP contribution >= 0.6 is 11.6 Å². The van der Waals surface area contributed by atoms with E-state index in [4.69, 9.17) is 16.3 Å². The molecule has 2 aromatic carbocycles. The third kappa shape index (κ3) is 4.21. The Balaban J connectivity index is 1.72. The van der Waals surface area contributed by atoms with Crippen LogP contribution in [0, 0.1) is 5.82 Å². The number of allylic oxidation sites excluding steroid dienone is 2. The lowest BCUT2D eigenvalue weighted by atomic mass is 9.98. The van der Waals surface area contributed by atoms with Crippen LogP contribution in [0.15, 0.2) is 60.7 Å². The van der Waals surface area contributed by atoms with Gasteiger partial charge in [0.1, 0.15) is 23.9 Å². The van der Waals surface area contributed by atoms with Gasteiger partial charge < -0.3 is 9.84 Å². The van der Waals surface area contributed by atoms with Crippen LogP contribution in [0.5, 0.6) is 5.75 Å². The van der Waals surface area contributed by atoms with Crippen molar-refractivity contribution in [1.82, 2.24) is 4.98 Å². The van der Waals surface area contributed by atoms with Crippen molar-refractivity contribution >= 4 is 28.7 Å². The number of ether oxygens (including phenoxy) is 1. The Bertz CT molecular complexity index is 1140. The molecule has 4 nitrogen and oxygen atoms in total. The molecule has 0 unspecified atom stereocenters. The van der Waals surface area contributed by atoms with Crippen LogP contribution in [0.3, 0.4) is 0 Å². The molecule has 6 heteroatoms. The number of rotatable bonds is 6. The average Bonchev–Trinajstić information content (AvgIpc) is 3.24. The molecule has 0 fully saturated rings. The summed E-state index contributed by atoms with van der Waals surface area (Å²) >= 11 is 6.22. The normalized spacial score (nSPS) is 13.5. The number of carboxylic acid groups (broad SMARTS) is 1. The van der Waals surface area contributed by atoms with Gasteiger partial charge in [0.25, 0.3) is 0 Å². The second kappa shape index (κ2) is 8.67. The summed E-state index contributed by atoms with van der Waals surface area (Å²) in [6, 6.07) is 16.8. The Kier molecular flexibility index (Phi) is 5.81. The van der Waals surface area contributed by atoms with E-state index in [0.717, 1.165) is 36.0 Å². The largest absolute Gasteiger partial charge is 0.488 e. The van der Waals surface area contributed by atoms with Crippen molar-refractivity contribution in [2.24, 2.45) is 0 Å². The van der Waals surface area contributed by atoms with E-state index in [2.05, 4.69) is 4.98 Å². The lowest BCUT2D eigenvalue weighted by Gasteiger charge is -2.15. The van der Waals surface area contributed by atoms with Crippen LogP contribution in [0.2, 0.25) is 5.02 Å². The summed E-state index contributed by atoms with van der Waals surface area (Å²) in [4.78, 5) is 15.6. The molecule has 0 bridgehead atoms. The third-order valence-electron chi connectivity index (χ3n) is 5.10. The number of halogens is 2. The number of carboxylic acids is 1. The zero-order chi connectivity index (χ0) is 21.1. The van der Waals surface area contributed by atoms with E-state index in [1.54, 1.807) is 24.3 Å². The molecule has 0 radical (unpaired) electrons. The van der Waals surface area contributed by atoms with Gasteiger partial charge in [0.15, 0.2) is 0 Å². The summed E-state index contributed by atoms with van der Waals surface area (Å²) < 4.78 is 20.2. The van der Waals surface area contributed by atoms with Gasteiger partial charge >= 0.3 is 5.97 Å². The maximum atomic E-state index is 14.1. The van der Waals surface area contributed by atoms with E-state index in [9.17, 15) is 14.3 Å². The van der Waals surface area contributed by atoms with Crippen LogP contribution in [0.25, 0.3) is 11.1 Å². The summed E-state index contributed by atoms with van der Waals surface area (Å²) in [6.45, 7) is 0.258. The first-order valence-electron chi connectivity index (χ1n) is 9.62. The molecule has 0 saturated heterocycles. The second-order valence-electron chi connectivity index (χ2n) is 7.04. The minimum absolute atomic E-state index is 0.0133. The number of aromatic nitrogens is 1. The van der Waals surface area contributed by atoms with Gasteiger partial charge in [0.05, 0.1) is 5.69 Å². The maximum absolute atomic E-state index is 14.1. The van der Waals surface area contributed by atoms with Gasteiger partial charge in [-0.05, 0) is 66.8 Å². The Labute approximate surface area is 178 Å². The van der Waals surface area contributed by atoms with Gasteiger partial charge in [0.2, 0.25) is 0 Å². The average molecular weight is 424 g/mol. The first-order valence-corrected chi connectivity index (χ1v) is 9.99. The summed E-state index contributed by atoms with van der Waals surface area (Å²) in [5.41, 5.74) is 3.94. The van der Waals surface area contributed by atoms with Gasteiger partial charge in [-0.2, -0.15) is 0 Å². The summed E-state index contributed by atoms with van der Waals surface area (Å²) in [5, 5.41) is 9.87. The number of hydrogen-bond acceptors (Lipinski definition) is 3. The predicted octanol–water partition coefficient (Wildman–Crippen LogP) is 6.25. The maximum Gasteiger partial charge on any atom is 0.354 e. The van der Waals surface area contributed by atoms with Crippen LogP contribution in [-0.2, 0) is 6.61 Å². The molecular weight excluding hydrogens is 405 g/mol. The van der Waals surface area contributed by atoms with Gasteiger partial charge in [-0.1, -0.05) is 35.9 Å². The molecule has 1 aliphatic carbocycles. The molecule has 0 atom stereocenters. The molecular formula is C24H19ClFNO3. The Morgan fingerprint density at radius 3 is 2.67 bits per heavy atom. The number of pyridine rings is 1. The predicted molar refractivity (Wildman–Crippen MR) is 114 cm³/mol. The number of carbonyl (C=O) groups is 1. The fraction of sp³-hybridized carbons (Fsp3) is 0.167. The highest BCUT2D eigenvalue weighted by atomic mass is 35.5. The van der Waals surface area contributed by atoms with Crippen molar-refractivity contribution in [1.29, 1.82) is 0 Å². The van der Waals surface area contributed by atoms with Crippen LogP contribution < -0.4 is 4.74 Å². The number of benzene rings is 2. The van der Waals surface area contributed by atoms with E-state index in [1.165, 1.54) is 18.2 Å². The third-order valence-corrected chi connectivity index (χ3v) is 5.47. The molecule has 152 valence electrons. The number of hydrogen-bond donors (Lipinski definition) is 1. The van der Waals surface area contributed by atoms with Crippen molar-refractivity contribution < 1.29 is 19.0 Å². The van der Waals surface area contributed by atoms with Gasteiger partial charge in [0, 0.05) is 16.1 Å². The lowest BCUT2D eigenvalue weighted by molar-refractivity contribution is 0.0690. The molecule has 1 aliphatic rings. The van der Waals surface area contributed by atoms with Gasteiger partial charge in [-0.3, -0.25) is 0 Å². The van der Waals surface area contributed by atoms with E-state index < -0.39 is 5.97 Å². The van der Waals surface area contributed by atoms with E-state index in [0.29, 0.717) is 22.0 Å². The van der Waals surface area contributed by atoms with Crippen molar-refractivity contribution in [3.63, 3.8) is 0 Å². The minimum Gasteiger partial charge on any atom is -0.488 e. The topological polar surface area (TPSA) is 59.4 Å². The first kappa shape index (κ1) is 20.1. The molecule has 1 N–H and O–H groups in total. The molecule has 0 spiro atoms. The molecule has 0 saturated carbocycles. The molecule has 3 aromatic rings. The highest BCUT2D eigenvalue weighted by Crippen LogP contribution is 2.42. The standard InChI is InChI=1S/C24H19ClFNO3/c25-20-8-2-1-5-15(20)14-30-23-12-11-16(26)13-19(23)17-6-3-7-18(17)21-9-4-10-22(27-21)24(28)29/h1-2,4-5,8-13H,3,6-7,14H2,(H,28,29). The van der Waals surface area contributed by atoms with E-state index >= 15 is 0 Å². The fourth-order valence-corrected chi connectivity index (χ4v) is 3.87. The van der Waals surface area contributed by atoms with Crippen LogP contribution in [0.4, 0.5) is 4.39 Å². The smallest absolute Gasteiger partial charge is 0.354 e. The highest BCUT2D eigenvalue weighted by Gasteiger charge is 2.22. The Morgan fingerprint density at radius 2 is 1.87 bits per heavy atom. The molecule has 0 amide bonds. The number of aromatic carboxylic acids is 1. The Hall–Kier alpha value is -3.18. The number of nitrogens with zero attached hydrogens (tertiary/aromatic N) is 1. The minimum atomic E-state index is -1.08. The molecule has 1 aromatic heterocycles. The monoisotopic (exact) mass is 423 g/mol. The van der Waals surface area contributed by atoms with Gasteiger partial charge in [-0.15, -0.1) is 0 Å². The SMILES string of the molecule is O=C(O)c1cccc(C2=C(c3cc(F)ccc3OCc3ccccc3Cl)CCC2)n1. The summed E-state index contributed by atoms with van der Waals surface area (Å²) in [5.74, 6) is -0.882. The summed E-state index contributed by atoms with van der Waals surface area (Å²) in [6.07, 6.45) is 2.36. The van der Waals surface area contributed by atoms with Gasteiger partial charge in [-0.25, -0.2) is 14.2 Å². The van der Waals surface area contributed by atoms with E-state index in [-0.39, 0.29) is 18.1 Å². The molecule has 4 rings (SSSR count). The van der Waals surface area contributed by atoms with Crippen molar-refractivity contribution in [2.75, 3.05) is 0 Å². The van der Waals surface area contributed by atoms with Crippen molar-refractivity contribution in [3.8, 4) is 5.75 Å². The zero-order valence-electron chi connectivity index (χ0n) is 16.1. The summed E-state index contributed by atoms with van der Waals surface area (Å²) in [7, 11) is 0. The van der Waals surface area contributed by atoms with Crippen molar-refractivity contribution in [2.45, 2.75) is 25.9 Å². The zero-order valence-corrected chi connectivity index (χ0v) is 16.8. The highest BCUT2D eigenvalue weighted by molar-refractivity contribution is 6.31.